The van der Waals surface area contributed by atoms with Crippen molar-refractivity contribution in [3.8, 4) is 0 Å². The zero-order chi connectivity index (χ0) is 18.6. The highest BCUT2D eigenvalue weighted by atomic mass is 16.5. The van der Waals surface area contributed by atoms with Gasteiger partial charge in [0.1, 0.15) is 0 Å². The van der Waals surface area contributed by atoms with Gasteiger partial charge in [-0.1, -0.05) is 36.4 Å². The Kier molecular flexibility index (Phi) is 5.07. The molecule has 27 heavy (non-hydrogen) atoms. The minimum Gasteiger partial charge on any atom is -0.380 e. The normalized spacial score (nSPS) is 17.1. The van der Waals surface area contributed by atoms with Crippen LogP contribution in [0.1, 0.15) is 23.2 Å². The third-order valence-electron chi connectivity index (χ3n) is 5.24. The Morgan fingerprint density at radius 3 is 2.63 bits per heavy atom. The molecule has 0 radical (unpaired) electrons. The molecule has 1 aliphatic rings. The lowest BCUT2D eigenvalue weighted by Crippen LogP contribution is -2.39. The van der Waals surface area contributed by atoms with Crippen molar-refractivity contribution < 1.29 is 9.53 Å². The van der Waals surface area contributed by atoms with E-state index in [1.54, 1.807) is 7.11 Å². The molecule has 3 aromatic carbocycles. The van der Waals surface area contributed by atoms with Crippen LogP contribution in [0.4, 0.5) is 11.4 Å². The van der Waals surface area contributed by atoms with Crippen LogP contribution in [0.2, 0.25) is 0 Å². The summed E-state index contributed by atoms with van der Waals surface area (Å²) in [5, 5.41) is 5.05. The molecule has 1 N–H and O–H groups in total. The average molecular weight is 360 g/mol. The summed E-state index contributed by atoms with van der Waals surface area (Å²) >= 11 is 0. The van der Waals surface area contributed by atoms with Crippen molar-refractivity contribution in [3.63, 3.8) is 0 Å². The van der Waals surface area contributed by atoms with Crippen LogP contribution in [0.25, 0.3) is 10.8 Å². The molecule has 1 aliphatic heterocycles. The zero-order valence-electron chi connectivity index (χ0n) is 15.5. The summed E-state index contributed by atoms with van der Waals surface area (Å²) in [6.45, 7) is 1.96. The molecule has 4 heteroatoms. The molecule has 0 aromatic heterocycles. The molecule has 0 bridgehead atoms. The number of carbonyl (C=O) groups is 1. The van der Waals surface area contributed by atoms with Gasteiger partial charge in [0.2, 0.25) is 0 Å². The van der Waals surface area contributed by atoms with Crippen LogP contribution in [0, 0.1) is 0 Å². The maximum absolute atomic E-state index is 12.8. The predicted molar refractivity (Wildman–Crippen MR) is 111 cm³/mol. The fraction of sp³-hybridized carbons (Fsp3) is 0.261. The van der Waals surface area contributed by atoms with Crippen LogP contribution in [-0.2, 0) is 4.74 Å². The minimum absolute atomic E-state index is 0.0861. The second-order valence-electron chi connectivity index (χ2n) is 6.97. The van der Waals surface area contributed by atoms with Crippen molar-refractivity contribution in [1.29, 1.82) is 0 Å². The number of methoxy groups -OCH3 is 1. The molecule has 4 nitrogen and oxygen atoms in total. The lowest BCUT2D eigenvalue weighted by molar-refractivity contribution is 0.0893. The number of benzene rings is 3. The first-order valence-corrected chi connectivity index (χ1v) is 9.41. The number of fused-ring (bicyclic) bond motifs is 1. The van der Waals surface area contributed by atoms with Crippen molar-refractivity contribution >= 4 is 28.1 Å². The quantitative estimate of drug-likeness (QED) is 0.733. The van der Waals surface area contributed by atoms with E-state index >= 15 is 0 Å². The van der Waals surface area contributed by atoms with Gasteiger partial charge in [-0.25, -0.2) is 0 Å². The minimum atomic E-state index is -0.0861. The van der Waals surface area contributed by atoms with E-state index in [2.05, 4.69) is 22.3 Å². The summed E-state index contributed by atoms with van der Waals surface area (Å²) in [5.41, 5.74) is 2.66. The van der Waals surface area contributed by atoms with E-state index in [4.69, 9.17) is 4.74 Å². The predicted octanol–water partition coefficient (Wildman–Crippen LogP) is 4.71. The summed E-state index contributed by atoms with van der Waals surface area (Å²) in [6, 6.07) is 21.8. The number of amides is 1. The number of rotatable bonds is 4. The highest BCUT2D eigenvalue weighted by Gasteiger charge is 2.19. The van der Waals surface area contributed by atoms with Gasteiger partial charge in [-0.3, -0.25) is 4.79 Å². The van der Waals surface area contributed by atoms with Crippen molar-refractivity contribution in [2.75, 3.05) is 30.4 Å². The van der Waals surface area contributed by atoms with Crippen LogP contribution < -0.4 is 10.2 Å². The Morgan fingerprint density at radius 2 is 1.81 bits per heavy atom. The molecule has 1 saturated heterocycles. The Hall–Kier alpha value is -2.85. The standard InChI is InChI=1S/C23H24N2O2/c1-27-20-8-5-15-25(16-20)19-13-11-18(12-14-19)24-23(26)22-10-4-7-17-6-2-3-9-21(17)22/h2-4,6-7,9-14,20H,5,8,15-16H2,1H3,(H,24,26). The van der Waals surface area contributed by atoms with E-state index in [1.807, 2.05) is 54.6 Å². The van der Waals surface area contributed by atoms with Gasteiger partial charge in [0, 0.05) is 37.1 Å². The SMILES string of the molecule is COC1CCCN(c2ccc(NC(=O)c3cccc4ccccc34)cc2)C1. The van der Waals surface area contributed by atoms with Crippen LogP contribution in [0.15, 0.2) is 66.7 Å². The molecular formula is C23H24N2O2. The Balaban J connectivity index is 1.49. The first-order chi connectivity index (χ1) is 13.2. The van der Waals surface area contributed by atoms with Crippen LogP contribution in [-0.4, -0.2) is 32.2 Å². The molecular weight excluding hydrogens is 336 g/mol. The van der Waals surface area contributed by atoms with Crippen LogP contribution >= 0.6 is 0 Å². The molecule has 0 saturated carbocycles. The molecule has 1 atom stereocenters. The summed E-state index contributed by atoms with van der Waals surface area (Å²) in [5.74, 6) is -0.0861. The number of carbonyl (C=O) groups excluding carboxylic acids is 1. The lowest BCUT2D eigenvalue weighted by atomic mass is 10.0. The highest BCUT2D eigenvalue weighted by Crippen LogP contribution is 2.24. The molecule has 3 aromatic rings. The summed E-state index contributed by atoms with van der Waals surface area (Å²) < 4.78 is 5.50. The van der Waals surface area contributed by atoms with E-state index in [9.17, 15) is 4.79 Å². The van der Waals surface area contributed by atoms with Crippen LogP contribution in [0.3, 0.4) is 0 Å². The first-order valence-electron chi connectivity index (χ1n) is 9.41. The molecule has 1 fully saturated rings. The largest absolute Gasteiger partial charge is 0.380 e. The molecule has 1 amide bonds. The molecule has 4 rings (SSSR count). The van der Waals surface area contributed by atoms with Crippen molar-refractivity contribution in [1.82, 2.24) is 0 Å². The number of anilines is 2. The third-order valence-corrected chi connectivity index (χ3v) is 5.24. The lowest BCUT2D eigenvalue weighted by Gasteiger charge is -2.33. The fourth-order valence-corrected chi connectivity index (χ4v) is 3.74. The topological polar surface area (TPSA) is 41.6 Å². The van der Waals surface area contributed by atoms with Gasteiger partial charge in [-0.15, -0.1) is 0 Å². The molecule has 0 spiro atoms. The number of nitrogens with one attached hydrogen (secondary N) is 1. The summed E-state index contributed by atoms with van der Waals surface area (Å²) in [4.78, 5) is 15.1. The number of hydrogen-bond acceptors (Lipinski definition) is 3. The van der Waals surface area contributed by atoms with Gasteiger partial charge in [0.15, 0.2) is 0 Å². The van der Waals surface area contributed by atoms with E-state index in [0.29, 0.717) is 11.7 Å². The smallest absolute Gasteiger partial charge is 0.256 e. The van der Waals surface area contributed by atoms with Crippen molar-refractivity contribution in [2.45, 2.75) is 18.9 Å². The van der Waals surface area contributed by atoms with E-state index in [-0.39, 0.29) is 5.91 Å². The maximum Gasteiger partial charge on any atom is 0.256 e. The zero-order valence-corrected chi connectivity index (χ0v) is 15.5. The maximum atomic E-state index is 12.8. The van der Waals surface area contributed by atoms with Crippen LogP contribution in [0.5, 0.6) is 0 Å². The Bertz CT molecular complexity index is 931. The van der Waals surface area contributed by atoms with Gasteiger partial charge in [-0.05, 0) is 53.9 Å². The molecule has 138 valence electrons. The summed E-state index contributed by atoms with van der Waals surface area (Å²) in [6.07, 6.45) is 2.55. The number of nitrogens with zero attached hydrogens (tertiary/aromatic N) is 1. The van der Waals surface area contributed by atoms with Gasteiger partial charge in [-0.2, -0.15) is 0 Å². The van der Waals surface area contributed by atoms with E-state index < -0.39 is 0 Å². The molecule has 1 unspecified atom stereocenters. The van der Waals surface area contributed by atoms with Gasteiger partial charge >= 0.3 is 0 Å². The highest BCUT2D eigenvalue weighted by molar-refractivity contribution is 6.12. The number of piperidine rings is 1. The molecule has 0 aliphatic carbocycles. The number of hydrogen-bond donors (Lipinski definition) is 1. The second-order valence-corrected chi connectivity index (χ2v) is 6.97. The van der Waals surface area contributed by atoms with Gasteiger partial charge in [0.05, 0.1) is 6.10 Å². The Morgan fingerprint density at radius 1 is 1.04 bits per heavy atom. The number of ether oxygens (including phenoxy) is 1. The second kappa shape index (κ2) is 7.80. The van der Waals surface area contributed by atoms with Gasteiger partial charge in [0.25, 0.3) is 5.91 Å². The van der Waals surface area contributed by atoms with E-state index in [0.717, 1.165) is 42.4 Å². The third kappa shape index (κ3) is 3.81. The monoisotopic (exact) mass is 360 g/mol. The van der Waals surface area contributed by atoms with Crippen molar-refractivity contribution in [2.24, 2.45) is 0 Å². The summed E-state index contributed by atoms with van der Waals surface area (Å²) in [7, 11) is 1.78. The van der Waals surface area contributed by atoms with E-state index in [1.165, 1.54) is 5.69 Å². The fourth-order valence-electron chi connectivity index (χ4n) is 3.74. The Labute approximate surface area is 159 Å². The first kappa shape index (κ1) is 17.6. The van der Waals surface area contributed by atoms with Crippen molar-refractivity contribution in [3.05, 3.63) is 72.3 Å². The van der Waals surface area contributed by atoms with Gasteiger partial charge < -0.3 is 15.0 Å². The average Bonchev–Trinajstić information content (AvgIpc) is 2.74. The molecule has 1 heterocycles.